The summed E-state index contributed by atoms with van der Waals surface area (Å²) in [6.07, 6.45) is 3.06. The SMILES string of the molecule is CC(=O)Nc1ccc2c(COC(=O)c3cnn(-c4ccccn4)c3C)cc(=O)oc2c1. The number of rotatable bonds is 5. The second-order valence-corrected chi connectivity index (χ2v) is 6.80. The van der Waals surface area contributed by atoms with Gasteiger partial charge in [-0.25, -0.2) is 19.3 Å². The molecule has 156 valence electrons. The molecule has 0 atom stereocenters. The molecule has 1 N–H and O–H groups in total. The lowest BCUT2D eigenvalue weighted by molar-refractivity contribution is -0.114. The van der Waals surface area contributed by atoms with Gasteiger partial charge >= 0.3 is 11.6 Å². The topological polar surface area (TPSA) is 116 Å². The van der Waals surface area contributed by atoms with Crippen molar-refractivity contribution in [2.24, 2.45) is 0 Å². The van der Waals surface area contributed by atoms with E-state index >= 15 is 0 Å². The van der Waals surface area contributed by atoms with Crippen LogP contribution >= 0.6 is 0 Å². The zero-order chi connectivity index (χ0) is 22.0. The van der Waals surface area contributed by atoms with Crippen LogP contribution in [0.1, 0.15) is 28.5 Å². The number of fused-ring (bicyclic) bond motifs is 1. The summed E-state index contributed by atoms with van der Waals surface area (Å²) in [6.45, 7) is 3.00. The highest BCUT2D eigenvalue weighted by Crippen LogP contribution is 2.22. The summed E-state index contributed by atoms with van der Waals surface area (Å²) in [4.78, 5) is 40.1. The van der Waals surface area contributed by atoms with Crippen LogP contribution in [0.5, 0.6) is 0 Å². The van der Waals surface area contributed by atoms with Crippen molar-refractivity contribution in [2.45, 2.75) is 20.5 Å². The molecule has 0 saturated carbocycles. The first kappa shape index (κ1) is 20.0. The fourth-order valence-electron chi connectivity index (χ4n) is 3.17. The first-order valence-electron chi connectivity index (χ1n) is 9.40. The third-order valence-electron chi connectivity index (χ3n) is 4.61. The minimum absolute atomic E-state index is 0.130. The van der Waals surface area contributed by atoms with Crippen molar-refractivity contribution in [2.75, 3.05) is 5.32 Å². The average molecular weight is 418 g/mol. The number of nitrogens with one attached hydrogen (secondary N) is 1. The Morgan fingerprint density at radius 1 is 1.19 bits per heavy atom. The van der Waals surface area contributed by atoms with Crippen molar-refractivity contribution >= 4 is 28.5 Å². The minimum Gasteiger partial charge on any atom is -0.457 e. The molecule has 0 radical (unpaired) electrons. The fraction of sp³-hybridized carbons (Fsp3) is 0.136. The first-order valence-corrected chi connectivity index (χ1v) is 9.40. The number of esters is 1. The smallest absolute Gasteiger partial charge is 0.341 e. The van der Waals surface area contributed by atoms with E-state index in [1.54, 1.807) is 48.1 Å². The summed E-state index contributed by atoms with van der Waals surface area (Å²) in [5.74, 6) is -0.231. The van der Waals surface area contributed by atoms with Crippen LogP contribution in [-0.4, -0.2) is 26.6 Å². The highest BCUT2D eigenvalue weighted by Gasteiger charge is 2.18. The number of carbonyl (C=O) groups is 2. The molecule has 3 heterocycles. The molecule has 0 aliphatic carbocycles. The molecule has 31 heavy (non-hydrogen) atoms. The lowest BCUT2D eigenvalue weighted by Crippen LogP contribution is -2.10. The molecular weight excluding hydrogens is 400 g/mol. The summed E-state index contributed by atoms with van der Waals surface area (Å²) in [7, 11) is 0. The first-order chi connectivity index (χ1) is 14.9. The lowest BCUT2D eigenvalue weighted by Gasteiger charge is -2.09. The molecule has 9 nitrogen and oxygen atoms in total. The largest absolute Gasteiger partial charge is 0.457 e. The minimum atomic E-state index is -0.585. The van der Waals surface area contributed by atoms with Crippen LogP contribution in [0, 0.1) is 6.92 Å². The Morgan fingerprint density at radius 2 is 2.03 bits per heavy atom. The van der Waals surface area contributed by atoms with Crippen LogP contribution in [0.25, 0.3) is 16.8 Å². The quantitative estimate of drug-likeness (QED) is 0.391. The number of hydrogen-bond donors (Lipinski definition) is 1. The van der Waals surface area contributed by atoms with E-state index in [0.29, 0.717) is 33.7 Å². The molecule has 0 spiro atoms. The van der Waals surface area contributed by atoms with Crippen molar-refractivity contribution in [3.63, 3.8) is 0 Å². The number of anilines is 1. The van der Waals surface area contributed by atoms with Crippen LogP contribution in [0.2, 0.25) is 0 Å². The molecule has 4 rings (SSSR count). The monoisotopic (exact) mass is 418 g/mol. The van der Waals surface area contributed by atoms with Crippen molar-refractivity contribution in [1.29, 1.82) is 0 Å². The molecule has 0 fully saturated rings. The molecule has 1 aromatic carbocycles. The number of ether oxygens (including phenoxy) is 1. The van der Waals surface area contributed by atoms with Crippen LogP contribution in [-0.2, 0) is 16.1 Å². The van der Waals surface area contributed by atoms with Gasteiger partial charge in [0.2, 0.25) is 5.91 Å². The Bertz CT molecular complexity index is 1340. The number of nitrogens with zero attached hydrogens (tertiary/aromatic N) is 3. The van der Waals surface area contributed by atoms with Crippen molar-refractivity contribution in [3.05, 3.63) is 82.1 Å². The van der Waals surface area contributed by atoms with E-state index in [0.717, 1.165) is 0 Å². The number of benzene rings is 1. The maximum Gasteiger partial charge on any atom is 0.341 e. The van der Waals surface area contributed by atoms with Gasteiger partial charge in [-0.2, -0.15) is 5.10 Å². The summed E-state index contributed by atoms with van der Waals surface area (Å²) in [5, 5.41) is 7.44. The molecule has 9 heteroatoms. The second-order valence-electron chi connectivity index (χ2n) is 6.80. The van der Waals surface area contributed by atoms with Gasteiger partial charge in [0.05, 0.1) is 11.9 Å². The maximum absolute atomic E-state index is 12.6. The van der Waals surface area contributed by atoms with Gasteiger partial charge in [-0.05, 0) is 31.2 Å². The third kappa shape index (κ3) is 4.20. The predicted molar refractivity (Wildman–Crippen MR) is 112 cm³/mol. The van der Waals surface area contributed by atoms with Crippen molar-refractivity contribution in [3.8, 4) is 5.82 Å². The van der Waals surface area contributed by atoms with Gasteiger partial charge in [0.25, 0.3) is 0 Å². The summed E-state index contributed by atoms with van der Waals surface area (Å²) < 4.78 is 12.2. The molecule has 0 unspecified atom stereocenters. The Labute approximate surface area is 176 Å². The van der Waals surface area contributed by atoms with Gasteiger partial charge in [-0.15, -0.1) is 0 Å². The standard InChI is InChI=1S/C22H18N4O5/c1-13-18(11-24-26(13)20-5-3-4-8-23-20)22(29)30-12-15-9-21(28)31-19-10-16(25-14(2)27)6-7-17(15)19/h3-11H,12H2,1-2H3,(H,25,27). The van der Waals surface area contributed by atoms with Gasteiger partial charge in [0, 0.05) is 41.9 Å². The van der Waals surface area contributed by atoms with Gasteiger partial charge in [0.15, 0.2) is 5.82 Å². The zero-order valence-electron chi connectivity index (χ0n) is 16.8. The van der Waals surface area contributed by atoms with E-state index in [4.69, 9.17) is 9.15 Å². The van der Waals surface area contributed by atoms with Crippen LogP contribution < -0.4 is 10.9 Å². The van der Waals surface area contributed by atoms with Gasteiger partial charge in [-0.1, -0.05) is 6.07 Å². The van der Waals surface area contributed by atoms with E-state index in [1.165, 1.54) is 19.2 Å². The van der Waals surface area contributed by atoms with E-state index in [2.05, 4.69) is 15.4 Å². The van der Waals surface area contributed by atoms with Gasteiger partial charge in [-0.3, -0.25) is 4.79 Å². The molecule has 0 aliphatic rings. The van der Waals surface area contributed by atoms with E-state index < -0.39 is 11.6 Å². The van der Waals surface area contributed by atoms with E-state index in [1.807, 2.05) is 6.07 Å². The van der Waals surface area contributed by atoms with E-state index in [9.17, 15) is 14.4 Å². The zero-order valence-corrected chi connectivity index (χ0v) is 16.8. The number of carbonyl (C=O) groups excluding carboxylic acids is 2. The molecule has 0 bridgehead atoms. The molecular formula is C22H18N4O5. The van der Waals surface area contributed by atoms with Crippen LogP contribution in [0.15, 0.2) is 64.1 Å². The van der Waals surface area contributed by atoms with Gasteiger partial charge < -0.3 is 14.5 Å². The number of aromatic nitrogens is 3. The van der Waals surface area contributed by atoms with Crippen molar-refractivity contribution < 1.29 is 18.7 Å². The Morgan fingerprint density at radius 3 is 2.77 bits per heavy atom. The predicted octanol–water partition coefficient (Wildman–Crippen LogP) is 3.00. The second kappa shape index (κ2) is 8.23. The molecule has 4 aromatic rings. The third-order valence-corrected chi connectivity index (χ3v) is 4.61. The average Bonchev–Trinajstić information content (AvgIpc) is 3.13. The Hall–Kier alpha value is -4.27. The van der Waals surface area contributed by atoms with Gasteiger partial charge in [0.1, 0.15) is 17.8 Å². The lowest BCUT2D eigenvalue weighted by atomic mass is 10.1. The summed E-state index contributed by atoms with van der Waals surface area (Å²) in [5.41, 5.74) is 1.56. The summed E-state index contributed by atoms with van der Waals surface area (Å²) >= 11 is 0. The highest BCUT2D eigenvalue weighted by molar-refractivity contribution is 5.93. The number of amides is 1. The normalized spacial score (nSPS) is 10.8. The fourth-order valence-corrected chi connectivity index (χ4v) is 3.17. The molecule has 1 amide bonds. The Balaban J connectivity index is 1.57. The molecule has 0 saturated heterocycles. The molecule has 3 aromatic heterocycles. The summed E-state index contributed by atoms with van der Waals surface area (Å²) in [6, 6.07) is 11.6. The van der Waals surface area contributed by atoms with E-state index in [-0.39, 0.29) is 18.1 Å². The molecule has 0 aliphatic heterocycles. The van der Waals surface area contributed by atoms with Crippen LogP contribution in [0.4, 0.5) is 5.69 Å². The van der Waals surface area contributed by atoms with Crippen molar-refractivity contribution in [1.82, 2.24) is 14.8 Å². The maximum atomic E-state index is 12.6. The Kier molecular flexibility index (Phi) is 5.31. The van der Waals surface area contributed by atoms with Crippen LogP contribution in [0.3, 0.4) is 0 Å². The highest BCUT2D eigenvalue weighted by atomic mass is 16.5. The number of hydrogen-bond acceptors (Lipinski definition) is 7. The number of pyridine rings is 1.